The molecule has 0 atom stereocenters. The van der Waals surface area contributed by atoms with Gasteiger partial charge < -0.3 is 10.6 Å². The Morgan fingerprint density at radius 1 is 1.00 bits per heavy atom. The quantitative estimate of drug-likeness (QED) is 0.635. The number of hydrogen-bond acceptors (Lipinski definition) is 5. The van der Waals surface area contributed by atoms with E-state index in [1.165, 1.54) is 11.9 Å². The van der Waals surface area contributed by atoms with Crippen LogP contribution in [-0.2, 0) is 17.6 Å². The molecular formula is C19H23ClN6O. The minimum absolute atomic E-state index is 0. The van der Waals surface area contributed by atoms with Crippen LogP contribution in [0.2, 0.25) is 0 Å². The lowest BCUT2D eigenvalue weighted by atomic mass is 10.1. The Morgan fingerprint density at radius 2 is 1.74 bits per heavy atom. The molecule has 0 saturated carbocycles. The number of benzene rings is 2. The van der Waals surface area contributed by atoms with Gasteiger partial charge in [0.05, 0.1) is 12.1 Å². The highest BCUT2D eigenvalue weighted by Gasteiger charge is 2.13. The summed E-state index contributed by atoms with van der Waals surface area (Å²) in [5, 5.41) is 11.1. The zero-order valence-corrected chi connectivity index (χ0v) is 15.8. The van der Waals surface area contributed by atoms with Crippen LogP contribution >= 0.6 is 12.4 Å². The molecule has 1 heterocycles. The van der Waals surface area contributed by atoms with E-state index in [1.54, 1.807) is 4.68 Å². The van der Waals surface area contributed by atoms with Crippen LogP contribution in [0.5, 0.6) is 0 Å². The molecule has 0 spiro atoms. The van der Waals surface area contributed by atoms with Crippen molar-refractivity contribution in [1.82, 2.24) is 25.1 Å². The number of amides is 1. The van der Waals surface area contributed by atoms with Gasteiger partial charge in [0.1, 0.15) is 6.33 Å². The Labute approximate surface area is 164 Å². The average molecular weight is 387 g/mol. The van der Waals surface area contributed by atoms with E-state index in [1.807, 2.05) is 47.4 Å². The summed E-state index contributed by atoms with van der Waals surface area (Å²) in [6.45, 7) is 1.69. The van der Waals surface area contributed by atoms with E-state index < -0.39 is 0 Å². The third kappa shape index (κ3) is 5.87. The Bertz CT molecular complexity index is 808. The topological polar surface area (TPSA) is 89.9 Å². The molecule has 142 valence electrons. The summed E-state index contributed by atoms with van der Waals surface area (Å²) in [5.41, 5.74) is 8.71. The fraction of sp³-hybridized carbons (Fsp3) is 0.263. The molecule has 0 radical (unpaired) electrons. The minimum atomic E-state index is 0. The zero-order chi connectivity index (χ0) is 18.2. The van der Waals surface area contributed by atoms with Crippen molar-refractivity contribution in [2.24, 2.45) is 5.73 Å². The van der Waals surface area contributed by atoms with Gasteiger partial charge in [-0.25, -0.2) is 4.68 Å². The highest BCUT2D eigenvalue weighted by molar-refractivity contribution is 5.85. The van der Waals surface area contributed by atoms with E-state index in [0.717, 1.165) is 17.7 Å². The minimum Gasteiger partial charge on any atom is -0.341 e. The molecule has 0 fully saturated rings. The number of tetrazole rings is 1. The van der Waals surface area contributed by atoms with E-state index in [9.17, 15) is 4.79 Å². The molecule has 8 heteroatoms. The number of carbonyl (C=O) groups is 1. The molecule has 0 aliphatic rings. The normalized spacial score (nSPS) is 10.3. The van der Waals surface area contributed by atoms with Crippen molar-refractivity contribution in [3.63, 3.8) is 0 Å². The van der Waals surface area contributed by atoms with Crippen LogP contribution in [0.15, 0.2) is 60.9 Å². The number of halogens is 1. The molecule has 0 saturated heterocycles. The van der Waals surface area contributed by atoms with Gasteiger partial charge in [-0.15, -0.1) is 17.5 Å². The highest BCUT2D eigenvalue weighted by atomic mass is 35.5. The fourth-order valence-corrected chi connectivity index (χ4v) is 2.76. The first-order chi connectivity index (χ1) is 12.8. The molecule has 1 amide bonds. The van der Waals surface area contributed by atoms with E-state index in [4.69, 9.17) is 5.73 Å². The van der Waals surface area contributed by atoms with Gasteiger partial charge in [0.15, 0.2) is 0 Å². The first-order valence-electron chi connectivity index (χ1n) is 8.60. The van der Waals surface area contributed by atoms with Crippen LogP contribution in [0, 0.1) is 0 Å². The molecule has 0 bridgehead atoms. The summed E-state index contributed by atoms with van der Waals surface area (Å²) < 4.78 is 1.58. The molecule has 2 aromatic carbocycles. The van der Waals surface area contributed by atoms with E-state index in [2.05, 4.69) is 27.7 Å². The van der Waals surface area contributed by atoms with Crippen molar-refractivity contribution in [1.29, 1.82) is 0 Å². The Hall–Kier alpha value is -2.77. The molecule has 0 aliphatic heterocycles. The van der Waals surface area contributed by atoms with Crippen LogP contribution in [0.25, 0.3) is 5.69 Å². The van der Waals surface area contributed by atoms with Gasteiger partial charge in [-0.3, -0.25) is 4.79 Å². The SMILES string of the molecule is Cl.NCCN(CCc1ccccc1)C(=O)Cc1ccc(-n2cnnn2)cc1. The lowest BCUT2D eigenvalue weighted by Crippen LogP contribution is -2.37. The van der Waals surface area contributed by atoms with E-state index in [0.29, 0.717) is 26.1 Å². The molecule has 0 aliphatic carbocycles. The summed E-state index contributed by atoms with van der Waals surface area (Å²) in [6.07, 6.45) is 2.71. The number of aromatic nitrogens is 4. The van der Waals surface area contributed by atoms with Gasteiger partial charge in [-0.05, 0) is 40.1 Å². The maximum atomic E-state index is 12.7. The van der Waals surface area contributed by atoms with Crippen LogP contribution in [0.4, 0.5) is 0 Å². The monoisotopic (exact) mass is 386 g/mol. The van der Waals surface area contributed by atoms with Crippen molar-refractivity contribution in [3.05, 3.63) is 72.1 Å². The largest absolute Gasteiger partial charge is 0.341 e. The number of carbonyl (C=O) groups excluding carboxylic acids is 1. The second-order valence-corrected chi connectivity index (χ2v) is 6.00. The summed E-state index contributed by atoms with van der Waals surface area (Å²) in [7, 11) is 0. The summed E-state index contributed by atoms with van der Waals surface area (Å²) in [5.74, 6) is 0.0848. The first-order valence-corrected chi connectivity index (χ1v) is 8.60. The summed E-state index contributed by atoms with van der Waals surface area (Å²) >= 11 is 0. The smallest absolute Gasteiger partial charge is 0.227 e. The lowest BCUT2D eigenvalue weighted by Gasteiger charge is -2.22. The van der Waals surface area contributed by atoms with Gasteiger partial charge in [0.25, 0.3) is 0 Å². The third-order valence-corrected chi connectivity index (χ3v) is 4.17. The van der Waals surface area contributed by atoms with Gasteiger partial charge in [0.2, 0.25) is 5.91 Å². The van der Waals surface area contributed by atoms with Gasteiger partial charge >= 0.3 is 0 Å². The third-order valence-electron chi connectivity index (χ3n) is 4.17. The second kappa shape index (κ2) is 10.4. The summed E-state index contributed by atoms with van der Waals surface area (Å²) in [6, 6.07) is 17.8. The van der Waals surface area contributed by atoms with E-state index in [-0.39, 0.29) is 18.3 Å². The van der Waals surface area contributed by atoms with Crippen LogP contribution in [0.1, 0.15) is 11.1 Å². The van der Waals surface area contributed by atoms with Crippen molar-refractivity contribution in [2.75, 3.05) is 19.6 Å². The van der Waals surface area contributed by atoms with Crippen LogP contribution in [-0.4, -0.2) is 50.6 Å². The van der Waals surface area contributed by atoms with Gasteiger partial charge in [0, 0.05) is 19.6 Å². The second-order valence-electron chi connectivity index (χ2n) is 6.00. The Balaban J connectivity index is 0.00000261. The molecule has 7 nitrogen and oxygen atoms in total. The molecule has 0 unspecified atom stereocenters. The number of nitrogens with two attached hydrogens (primary N) is 1. The number of nitrogens with zero attached hydrogens (tertiary/aromatic N) is 5. The predicted octanol–water partition coefficient (Wildman–Crippen LogP) is 1.66. The molecule has 3 rings (SSSR count). The zero-order valence-electron chi connectivity index (χ0n) is 14.9. The van der Waals surface area contributed by atoms with Crippen molar-refractivity contribution in [3.8, 4) is 5.69 Å². The summed E-state index contributed by atoms with van der Waals surface area (Å²) in [4.78, 5) is 14.5. The molecule has 27 heavy (non-hydrogen) atoms. The number of rotatable bonds is 8. The standard InChI is InChI=1S/C19H22N6O.ClH/c20-11-13-24(12-10-16-4-2-1-3-5-16)19(26)14-17-6-8-18(9-7-17)25-15-21-22-23-25;/h1-9,15H,10-14,20H2;1H. The molecule has 2 N–H and O–H groups in total. The van der Waals surface area contributed by atoms with Crippen LogP contribution < -0.4 is 5.73 Å². The van der Waals surface area contributed by atoms with Crippen molar-refractivity contribution >= 4 is 18.3 Å². The fourth-order valence-electron chi connectivity index (χ4n) is 2.76. The predicted molar refractivity (Wildman–Crippen MR) is 106 cm³/mol. The van der Waals surface area contributed by atoms with Crippen molar-refractivity contribution < 1.29 is 4.79 Å². The van der Waals surface area contributed by atoms with E-state index >= 15 is 0 Å². The maximum Gasteiger partial charge on any atom is 0.227 e. The maximum absolute atomic E-state index is 12.7. The lowest BCUT2D eigenvalue weighted by molar-refractivity contribution is -0.130. The van der Waals surface area contributed by atoms with Gasteiger partial charge in [-0.1, -0.05) is 42.5 Å². The van der Waals surface area contributed by atoms with Gasteiger partial charge in [-0.2, -0.15) is 0 Å². The Kier molecular flexibility index (Phi) is 7.91. The first kappa shape index (κ1) is 20.5. The number of hydrogen-bond donors (Lipinski definition) is 1. The molecule has 1 aromatic heterocycles. The average Bonchev–Trinajstić information content (AvgIpc) is 3.21. The molecule has 3 aromatic rings. The Morgan fingerprint density at radius 3 is 2.37 bits per heavy atom. The van der Waals surface area contributed by atoms with Crippen molar-refractivity contribution in [2.45, 2.75) is 12.8 Å². The highest BCUT2D eigenvalue weighted by Crippen LogP contribution is 2.10. The molecular weight excluding hydrogens is 364 g/mol. The van der Waals surface area contributed by atoms with Crippen LogP contribution in [0.3, 0.4) is 0 Å².